The van der Waals surface area contributed by atoms with Crippen molar-refractivity contribution >= 4 is 11.7 Å². The summed E-state index contributed by atoms with van der Waals surface area (Å²) in [7, 11) is 3.70. The van der Waals surface area contributed by atoms with Gasteiger partial charge in [-0.3, -0.25) is 9.59 Å². The van der Waals surface area contributed by atoms with Gasteiger partial charge in [0.25, 0.3) is 0 Å². The number of rotatable bonds is 12. The first-order chi connectivity index (χ1) is 18.5. The molecule has 2 aliphatic heterocycles. The van der Waals surface area contributed by atoms with Gasteiger partial charge in [0, 0.05) is 24.7 Å². The Balaban J connectivity index is 1.21. The third kappa shape index (κ3) is 5.85. The molecule has 1 aliphatic carbocycles. The SMILES string of the molecule is COc1ncccc1-c1cnc(C(CCCCCC(=O)C2NC=CO2)NC(=O)[C@H]2CC23CCN(C)CC3)o1. The van der Waals surface area contributed by atoms with Crippen LogP contribution in [0.1, 0.15) is 63.3 Å². The molecule has 3 atom stereocenters. The van der Waals surface area contributed by atoms with Crippen LogP contribution >= 0.6 is 0 Å². The zero-order valence-corrected chi connectivity index (χ0v) is 22.2. The third-order valence-electron chi connectivity index (χ3n) is 8.10. The smallest absolute Gasteiger partial charge is 0.228 e. The number of ether oxygens (including phenoxy) is 2. The molecule has 0 radical (unpaired) electrons. The molecule has 1 amide bonds. The van der Waals surface area contributed by atoms with Crippen LogP contribution in [0.15, 0.2) is 41.4 Å². The van der Waals surface area contributed by atoms with Gasteiger partial charge in [-0.25, -0.2) is 9.97 Å². The lowest BCUT2D eigenvalue weighted by Gasteiger charge is -2.30. The van der Waals surface area contributed by atoms with E-state index in [1.165, 1.54) is 6.26 Å². The maximum atomic E-state index is 13.4. The topological polar surface area (TPSA) is 119 Å². The van der Waals surface area contributed by atoms with E-state index in [2.05, 4.69) is 32.5 Å². The van der Waals surface area contributed by atoms with Crippen LogP contribution in [0.25, 0.3) is 11.3 Å². The van der Waals surface area contributed by atoms with Crippen LogP contribution in [0.3, 0.4) is 0 Å². The van der Waals surface area contributed by atoms with Gasteiger partial charge in [0.05, 0.1) is 18.9 Å². The lowest BCUT2D eigenvalue weighted by atomic mass is 9.91. The number of hydrogen-bond acceptors (Lipinski definition) is 9. The van der Waals surface area contributed by atoms with Crippen molar-refractivity contribution in [2.75, 3.05) is 27.2 Å². The predicted octanol–water partition coefficient (Wildman–Crippen LogP) is 3.57. The molecule has 5 rings (SSSR count). The van der Waals surface area contributed by atoms with Gasteiger partial charge in [0.15, 0.2) is 11.5 Å². The second kappa shape index (κ2) is 11.6. The first-order valence-corrected chi connectivity index (χ1v) is 13.5. The Morgan fingerprint density at radius 1 is 1.26 bits per heavy atom. The first kappa shape index (κ1) is 26.2. The van der Waals surface area contributed by atoms with Crippen molar-refractivity contribution < 1.29 is 23.5 Å². The van der Waals surface area contributed by atoms with Crippen LogP contribution in [0.2, 0.25) is 0 Å². The highest BCUT2D eigenvalue weighted by atomic mass is 16.5. The minimum absolute atomic E-state index is 0.0415. The Morgan fingerprint density at radius 2 is 2.11 bits per heavy atom. The van der Waals surface area contributed by atoms with E-state index >= 15 is 0 Å². The molecule has 204 valence electrons. The Kier molecular flexibility index (Phi) is 7.97. The summed E-state index contributed by atoms with van der Waals surface area (Å²) in [6, 6.07) is 3.34. The van der Waals surface area contributed by atoms with E-state index in [9.17, 15) is 9.59 Å². The van der Waals surface area contributed by atoms with Gasteiger partial charge in [-0.1, -0.05) is 12.8 Å². The maximum absolute atomic E-state index is 13.4. The molecule has 4 heterocycles. The van der Waals surface area contributed by atoms with Gasteiger partial charge < -0.3 is 29.4 Å². The monoisotopic (exact) mass is 523 g/mol. The summed E-state index contributed by atoms with van der Waals surface area (Å²) in [5.41, 5.74) is 0.861. The van der Waals surface area contributed by atoms with Crippen molar-refractivity contribution in [1.29, 1.82) is 0 Å². The van der Waals surface area contributed by atoms with Crippen LogP contribution in [0.5, 0.6) is 5.88 Å². The number of nitrogens with zero attached hydrogens (tertiary/aromatic N) is 3. The van der Waals surface area contributed by atoms with Crippen molar-refractivity contribution in [3.05, 3.63) is 42.9 Å². The quantitative estimate of drug-likeness (QED) is 0.402. The minimum Gasteiger partial charge on any atom is -0.480 e. The molecule has 10 nitrogen and oxygen atoms in total. The molecule has 2 fully saturated rings. The van der Waals surface area contributed by atoms with Crippen LogP contribution in [-0.4, -0.2) is 60.0 Å². The number of likely N-dealkylation sites (tertiary alicyclic amines) is 1. The van der Waals surface area contributed by atoms with Crippen LogP contribution in [0, 0.1) is 11.3 Å². The highest BCUT2D eigenvalue weighted by Crippen LogP contribution is 2.59. The number of pyridine rings is 1. The van der Waals surface area contributed by atoms with Crippen molar-refractivity contribution in [2.45, 2.75) is 63.6 Å². The van der Waals surface area contributed by atoms with E-state index in [1.54, 1.807) is 25.7 Å². The van der Waals surface area contributed by atoms with Crippen LogP contribution in [0.4, 0.5) is 0 Å². The summed E-state index contributed by atoms with van der Waals surface area (Å²) in [4.78, 5) is 36.7. The van der Waals surface area contributed by atoms with Crippen LogP contribution in [-0.2, 0) is 14.3 Å². The molecule has 1 spiro atoms. The molecular formula is C28H37N5O5. The fourth-order valence-electron chi connectivity index (χ4n) is 5.59. The number of piperidine rings is 1. The minimum atomic E-state index is -0.567. The second-order valence-electron chi connectivity index (χ2n) is 10.7. The Morgan fingerprint density at radius 3 is 2.87 bits per heavy atom. The highest BCUT2D eigenvalue weighted by molar-refractivity contribution is 5.83. The lowest BCUT2D eigenvalue weighted by Crippen LogP contribution is -2.36. The molecule has 10 heteroatoms. The zero-order valence-electron chi connectivity index (χ0n) is 22.2. The Hall–Kier alpha value is -3.40. The van der Waals surface area contributed by atoms with Gasteiger partial charge in [0.2, 0.25) is 23.9 Å². The molecule has 3 aliphatic rings. The van der Waals surface area contributed by atoms with E-state index in [4.69, 9.17) is 13.9 Å². The molecule has 1 saturated heterocycles. The number of carbonyl (C=O) groups excluding carboxylic acids is 2. The van der Waals surface area contributed by atoms with Crippen LogP contribution < -0.4 is 15.4 Å². The predicted molar refractivity (Wildman–Crippen MR) is 140 cm³/mol. The fourth-order valence-corrected chi connectivity index (χ4v) is 5.59. The van der Waals surface area contributed by atoms with Gasteiger partial charge >= 0.3 is 0 Å². The molecule has 1 saturated carbocycles. The van der Waals surface area contributed by atoms with Gasteiger partial charge in [0.1, 0.15) is 12.3 Å². The number of aromatic nitrogens is 2. The number of amides is 1. The van der Waals surface area contributed by atoms with E-state index in [-0.39, 0.29) is 29.1 Å². The number of carbonyl (C=O) groups is 2. The average Bonchev–Trinajstić information content (AvgIpc) is 3.29. The normalized spacial score (nSPS) is 22.5. The number of hydrogen-bond donors (Lipinski definition) is 2. The third-order valence-corrected chi connectivity index (χ3v) is 8.10. The van der Waals surface area contributed by atoms with E-state index in [1.807, 2.05) is 12.1 Å². The maximum Gasteiger partial charge on any atom is 0.228 e. The number of Topliss-reactive ketones (excluding diaryl/α,β-unsaturated/α-hetero) is 1. The molecule has 38 heavy (non-hydrogen) atoms. The lowest BCUT2D eigenvalue weighted by molar-refractivity contribution is -0.127. The van der Waals surface area contributed by atoms with Gasteiger partial charge in [-0.05, 0) is 69.8 Å². The zero-order chi connectivity index (χ0) is 26.5. The van der Waals surface area contributed by atoms with Crippen molar-refractivity contribution in [3.63, 3.8) is 0 Å². The summed E-state index contributed by atoms with van der Waals surface area (Å²) < 4.78 is 16.8. The molecule has 2 aromatic rings. The number of nitrogens with one attached hydrogen (secondary N) is 2. The van der Waals surface area contributed by atoms with E-state index in [0.717, 1.165) is 51.6 Å². The highest BCUT2D eigenvalue weighted by Gasteiger charge is 2.58. The second-order valence-corrected chi connectivity index (χ2v) is 10.7. The first-order valence-electron chi connectivity index (χ1n) is 13.5. The number of oxazole rings is 1. The molecular weight excluding hydrogens is 486 g/mol. The van der Waals surface area contributed by atoms with Crippen molar-refractivity contribution in [3.8, 4) is 17.2 Å². The number of ketones is 1. The molecule has 0 aromatic carbocycles. The summed E-state index contributed by atoms with van der Waals surface area (Å²) in [5.74, 6) is 1.66. The van der Waals surface area contributed by atoms with Gasteiger partial charge in [-0.2, -0.15) is 0 Å². The summed E-state index contributed by atoms with van der Waals surface area (Å²) >= 11 is 0. The standard InChI is InChI=1S/C28H37N5O5/c1-33-14-10-28(11-15-33)17-20(28)24(35)32-21(8-4-3-5-9-22(34)27-30-13-16-37-27)26-31-18-23(38-26)19-7-6-12-29-25(19)36-2/h6-7,12-13,16,18,20-21,27,30H,3-5,8-11,14-15,17H2,1-2H3,(H,32,35)/t20-,21?,27?/m1/s1. The number of unbranched alkanes of at least 4 members (excludes halogenated alkanes) is 2. The van der Waals surface area contributed by atoms with Crippen molar-refractivity contribution in [1.82, 2.24) is 25.5 Å². The van der Waals surface area contributed by atoms with Gasteiger partial charge in [-0.15, -0.1) is 0 Å². The molecule has 2 unspecified atom stereocenters. The summed E-state index contributed by atoms with van der Waals surface area (Å²) in [5, 5.41) is 6.14. The molecule has 2 aromatic heterocycles. The average molecular weight is 524 g/mol. The fraction of sp³-hybridized carbons (Fsp3) is 0.571. The van der Waals surface area contributed by atoms with E-state index < -0.39 is 6.23 Å². The molecule has 2 N–H and O–H groups in total. The summed E-state index contributed by atoms with van der Waals surface area (Å²) in [6.45, 7) is 2.08. The van der Waals surface area contributed by atoms with E-state index in [0.29, 0.717) is 35.9 Å². The van der Waals surface area contributed by atoms with Crippen molar-refractivity contribution in [2.24, 2.45) is 11.3 Å². The Bertz CT molecular complexity index is 1150. The Labute approximate surface area is 223 Å². The summed E-state index contributed by atoms with van der Waals surface area (Å²) in [6.07, 6.45) is 12.5. The number of methoxy groups -OCH3 is 1. The largest absolute Gasteiger partial charge is 0.480 e. The molecule has 0 bridgehead atoms.